The summed E-state index contributed by atoms with van der Waals surface area (Å²) in [7, 11) is 1.61. The molecule has 1 aromatic carbocycles. The first-order valence-electron chi connectivity index (χ1n) is 7.79. The Labute approximate surface area is 146 Å². The second-order valence-electron chi connectivity index (χ2n) is 5.41. The number of methoxy groups -OCH3 is 1. The predicted octanol–water partition coefficient (Wildman–Crippen LogP) is 2.43. The molecular weight excluding hydrogens is 324 g/mol. The molecule has 5 nitrogen and oxygen atoms in total. The molecule has 2 N–H and O–H groups in total. The molecule has 0 aliphatic carbocycles. The van der Waals surface area contributed by atoms with Crippen LogP contribution in [0.15, 0.2) is 47.2 Å². The summed E-state index contributed by atoms with van der Waals surface area (Å²) in [6.45, 7) is 2.56. The van der Waals surface area contributed by atoms with Gasteiger partial charge in [0.25, 0.3) is 0 Å². The molecule has 0 saturated carbocycles. The Balaban J connectivity index is 1.93. The van der Waals surface area contributed by atoms with Crippen molar-refractivity contribution in [2.75, 3.05) is 13.7 Å². The molecule has 0 fully saturated rings. The number of hydrogen-bond acceptors (Lipinski definition) is 4. The fourth-order valence-electron chi connectivity index (χ4n) is 2.47. The van der Waals surface area contributed by atoms with E-state index in [2.05, 4.69) is 10.6 Å². The van der Waals surface area contributed by atoms with Crippen molar-refractivity contribution in [1.82, 2.24) is 10.6 Å². The summed E-state index contributed by atoms with van der Waals surface area (Å²) in [4.78, 5) is 23.9. The van der Waals surface area contributed by atoms with Gasteiger partial charge in [0.05, 0.1) is 6.54 Å². The van der Waals surface area contributed by atoms with Gasteiger partial charge in [0.1, 0.15) is 5.60 Å². The average Bonchev–Trinajstić information content (AvgIpc) is 3.15. The molecule has 2 aromatic rings. The minimum absolute atomic E-state index is 0.231. The number of nitrogens with one attached hydrogen (secondary N) is 2. The summed E-state index contributed by atoms with van der Waals surface area (Å²) < 4.78 is 5.68. The first-order valence-corrected chi connectivity index (χ1v) is 8.73. The average molecular weight is 346 g/mol. The molecule has 0 bridgehead atoms. The lowest BCUT2D eigenvalue weighted by Gasteiger charge is -2.32. The van der Waals surface area contributed by atoms with Crippen molar-refractivity contribution >= 4 is 23.2 Å². The van der Waals surface area contributed by atoms with Gasteiger partial charge < -0.3 is 15.4 Å². The number of carbonyl (C=O) groups excluding carboxylic acids is 2. The molecular formula is C18H22N2O3S. The van der Waals surface area contributed by atoms with E-state index >= 15 is 0 Å². The number of carbonyl (C=O) groups is 2. The van der Waals surface area contributed by atoms with Gasteiger partial charge in [-0.2, -0.15) is 11.3 Å². The first kappa shape index (κ1) is 18.2. The largest absolute Gasteiger partial charge is 0.372 e. The number of thiophene rings is 1. The van der Waals surface area contributed by atoms with Gasteiger partial charge in [0.15, 0.2) is 0 Å². The van der Waals surface area contributed by atoms with Crippen LogP contribution < -0.4 is 10.6 Å². The molecule has 0 spiro atoms. The van der Waals surface area contributed by atoms with Crippen LogP contribution in [0.1, 0.15) is 24.5 Å². The minimum Gasteiger partial charge on any atom is -0.372 e. The maximum atomic E-state index is 12.0. The molecule has 2 amide bonds. The summed E-state index contributed by atoms with van der Waals surface area (Å²) in [5.41, 5.74) is 1.30. The van der Waals surface area contributed by atoms with E-state index in [1.54, 1.807) is 18.4 Å². The highest BCUT2D eigenvalue weighted by Crippen LogP contribution is 2.27. The SMILES string of the molecule is CCC(CNC(=O)C(=O)NCc1ccsc1)(OC)c1ccccc1. The molecule has 6 heteroatoms. The van der Waals surface area contributed by atoms with Crippen molar-refractivity contribution < 1.29 is 14.3 Å². The van der Waals surface area contributed by atoms with E-state index in [9.17, 15) is 9.59 Å². The van der Waals surface area contributed by atoms with E-state index in [0.29, 0.717) is 13.0 Å². The normalized spacial score (nSPS) is 13.1. The zero-order chi connectivity index (χ0) is 17.4. The standard InChI is InChI=1S/C18H22N2O3S/c1-3-18(23-2,15-7-5-4-6-8-15)13-20-17(22)16(21)19-11-14-9-10-24-12-14/h4-10,12H,3,11,13H2,1-2H3,(H,19,21)(H,20,22). The van der Waals surface area contributed by atoms with Crippen LogP contribution in [0.25, 0.3) is 0 Å². The second-order valence-corrected chi connectivity index (χ2v) is 6.19. The Morgan fingerprint density at radius 3 is 2.42 bits per heavy atom. The van der Waals surface area contributed by atoms with Crippen molar-refractivity contribution in [3.63, 3.8) is 0 Å². The van der Waals surface area contributed by atoms with Gasteiger partial charge in [-0.05, 0) is 34.4 Å². The highest BCUT2D eigenvalue weighted by Gasteiger charge is 2.31. The van der Waals surface area contributed by atoms with Gasteiger partial charge >= 0.3 is 11.8 Å². The fraction of sp³-hybridized carbons (Fsp3) is 0.333. The van der Waals surface area contributed by atoms with Gasteiger partial charge in [0.2, 0.25) is 0 Å². The fourth-order valence-corrected chi connectivity index (χ4v) is 3.14. The quantitative estimate of drug-likeness (QED) is 0.757. The molecule has 128 valence electrons. The number of rotatable bonds is 7. The number of benzene rings is 1. The maximum Gasteiger partial charge on any atom is 0.309 e. The Hall–Kier alpha value is -2.18. The van der Waals surface area contributed by atoms with Crippen LogP contribution in [0.5, 0.6) is 0 Å². The summed E-state index contributed by atoms with van der Waals surface area (Å²) in [6.07, 6.45) is 0.671. The zero-order valence-electron chi connectivity index (χ0n) is 13.9. The molecule has 1 unspecified atom stereocenters. The van der Waals surface area contributed by atoms with Crippen LogP contribution in [0, 0.1) is 0 Å². The number of ether oxygens (including phenoxy) is 1. The van der Waals surface area contributed by atoms with Gasteiger partial charge in [0, 0.05) is 13.7 Å². The highest BCUT2D eigenvalue weighted by molar-refractivity contribution is 7.07. The summed E-state index contributed by atoms with van der Waals surface area (Å²) in [6, 6.07) is 11.6. The Morgan fingerprint density at radius 1 is 1.12 bits per heavy atom. The van der Waals surface area contributed by atoms with E-state index in [4.69, 9.17) is 4.74 Å². The number of hydrogen-bond donors (Lipinski definition) is 2. The highest BCUT2D eigenvalue weighted by atomic mass is 32.1. The van der Waals surface area contributed by atoms with E-state index in [-0.39, 0.29) is 6.54 Å². The van der Waals surface area contributed by atoms with Crippen molar-refractivity contribution in [3.05, 3.63) is 58.3 Å². The third kappa shape index (κ3) is 4.43. The molecule has 0 saturated heterocycles. The van der Waals surface area contributed by atoms with Gasteiger partial charge in [-0.3, -0.25) is 9.59 Å². The Morgan fingerprint density at radius 2 is 1.83 bits per heavy atom. The third-order valence-corrected chi connectivity index (χ3v) is 4.77. The molecule has 0 radical (unpaired) electrons. The molecule has 1 aromatic heterocycles. The van der Waals surface area contributed by atoms with Crippen molar-refractivity contribution in [2.24, 2.45) is 0 Å². The van der Waals surface area contributed by atoms with Gasteiger partial charge in [-0.1, -0.05) is 37.3 Å². The van der Waals surface area contributed by atoms with Crippen molar-refractivity contribution in [2.45, 2.75) is 25.5 Å². The van der Waals surface area contributed by atoms with Crippen LogP contribution in [-0.4, -0.2) is 25.5 Å². The molecule has 0 aliphatic rings. The summed E-state index contributed by atoms with van der Waals surface area (Å²) >= 11 is 1.55. The monoisotopic (exact) mass is 346 g/mol. The van der Waals surface area contributed by atoms with Crippen LogP contribution >= 0.6 is 11.3 Å². The number of amides is 2. The molecule has 0 aliphatic heterocycles. The van der Waals surface area contributed by atoms with Crippen LogP contribution in [0.2, 0.25) is 0 Å². The van der Waals surface area contributed by atoms with E-state index < -0.39 is 17.4 Å². The van der Waals surface area contributed by atoms with Crippen molar-refractivity contribution in [1.29, 1.82) is 0 Å². The minimum atomic E-state index is -0.656. The third-order valence-electron chi connectivity index (χ3n) is 4.04. The molecule has 1 heterocycles. The lowest BCUT2D eigenvalue weighted by atomic mass is 9.90. The zero-order valence-corrected chi connectivity index (χ0v) is 14.7. The lowest BCUT2D eigenvalue weighted by Crippen LogP contribution is -2.46. The van der Waals surface area contributed by atoms with E-state index in [1.165, 1.54) is 0 Å². The first-order chi connectivity index (χ1) is 11.6. The Bertz CT molecular complexity index is 652. The van der Waals surface area contributed by atoms with Gasteiger partial charge in [-0.25, -0.2) is 0 Å². The predicted molar refractivity (Wildman–Crippen MR) is 94.6 cm³/mol. The summed E-state index contributed by atoms with van der Waals surface area (Å²) in [5.74, 6) is -1.30. The Kier molecular flexibility index (Phi) is 6.52. The summed E-state index contributed by atoms with van der Waals surface area (Å²) in [5, 5.41) is 9.15. The van der Waals surface area contributed by atoms with Crippen LogP contribution in [-0.2, 0) is 26.5 Å². The van der Waals surface area contributed by atoms with E-state index in [1.807, 2.05) is 54.1 Å². The smallest absolute Gasteiger partial charge is 0.309 e. The van der Waals surface area contributed by atoms with E-state index in [0.717, 1.165) is 11.1 Å². The van der Waals surface area contributed by atoms with Gasteiger partial charge in [-0.15, -0.1) is 0 Å². The second kappa shape index (κ2) is 8.61. The topological polar surface area (TPSA) is 67.4 Å². The van der Waals surface area contributed by atoms with Crippen LogP contribution in [0.4, 0.5) is 0 Å². The lowest BCUT2D eigenvalue weighted by molar-refractivity contribution is -0.140. The molecule has 2 rings (SSSR count). The van der Waals surface area contributed by atoms with Crippen molar-refractivity contribution in [3.8, 4) is 0 Å². The van der Waals surface area contributed by atoms with Crippen LogP contribution in [0.3, 0.4) is 0 Å². The maximum absolute atomic E-state index is 12.0. The molecule has 24 heavy (non-hydrogen) atoms. The molecule has 1 atom stereocenters.